The zero-order valence-electron chi connectivity index (χ0n) is 12.9. The first kappa shape index (κ1) is 13.9. The van der Waals surface area contributed by atoms with E-state index >= 15 is 0 Å². The van der Waals surface area contributed by atoms with E-state index in [-0.39, 0.29) is 0 Å². The fourth-order valence-corrected chi connectivity index (χ4v) is 2.97. The van der Waals surface area contributed by atoms with Gasteiger partial charge in [0, 0.05) is 43.9 Å². The van der Waals surface area contributed by atoms with Crippen LogP contribution in [0, 0.1) is 11.3 Å². The minimum atomic E-state index is 0.459. The zero-order valence-corrected chi connectivity index (χ0v) is 12.9. The van der Waals surface area contributed by atoms with Crippen molar-refractivity contribution in [1.29, 1.82) is 5.26 Å². The summed E-state index contributed by atoms with van der Waals surface area (Å²) in [4.78, 5) is 17.6. The molecule has 23 heavy (non-hydrogen) atoms. The summed E-state index contributed by atoms with van der Waals surface area (Å²) >= 11 is 0. The van der Waals surface area contributed by atoms with E-state index in [2.05, 4.69) is 36.9 Å². The molecule has 0 bridgehead atoms. The summed E-state index contributed by atoms with van der Waals surface area (Å²) in [5.41, 5.74) is 2.72. The molecule has 1 saturated heterocycles. The molecule has 6 nitrogen and oxygen atoms in total. The lowest BCUT2D eigenvalue weighted by molar-refractivity contribution is 0.645. The molecule has 0 radical (unpaired) electrons. The average molecular weight is 306 g/mol. The Morgan fingerprint density at radius 1 is 1.00 bits per heavy atom. The molecule has 3 heterocycles. The molecule has 116 valence electrons. The number of anilines is 2. The molecule has 1 aliphatic carbocycles. The molecule has 0 atom stereocenters. The summed E-state index contributed by atoms with van der Waals surface area (Å²) in [6.45, 7) is 3.72. The van der Waals surface area contributed by atoms with Crippen molar-refractivity contribution in [2.24, 2.45) is 0 Å². The Balaban J connectivity index is 1.42. The number of pyridine rings is 1. The van der Waals surface area contributed by atoms with Crippen LogP contribution in [0.5, 0.6) is 0 Å². The number of piperazine rings is 1. The lowest BCUT2D eigenvalue weighted by Crippen LogP contribution is -2.46. The Morgan fingerprint density at radius 2 is 1.78 bits per heavy atom. The molecule has 2 aliphatic rings. The van der Waals surface area contributed by atoms with E-state index in [1.165, 1.54) is 18.5 Å². The quantitative estimate of drug-likeness (QED) is 0.863. The SMILES string of the molecule is N#Cc1ccc(N2CCN(c3cc(C4CC4)ncn3)CC2)cn1. The van der Waals surface area contributed by atoms with Gasteiger partial charge in [0.2, 0.25) is 0 Å². The average Bonchev–Trinajstić information content (AvgIpc) is 3.47. The van der Waals surface area contributed by atoms with Gasteiger partial charge in [-0.15, -0.1) is 0 Å². The lowest BCUT2D eigenvalue weighted by Gasteiger charge is -2.36. The summed E-state index contributed by atoms with van der Waals surface area (Å²) < 4.78 is 0. The number of rotatable bonds is 3. The maximum Gasteiger partial charge on any atom is 0.140 e. The van der Waals surface area contributed by atoms with Gasteiger partial charge in [-0.3, -0.25) is 0 Å². The summed E-state index contributed by atoms with van der Waals surface area (Å²) in [5.74, 6) is 1.70. The van der Waals surface area contributed by atoms with Crippen molar-refractivity contribution >= 4 is 11.5 Å². The van der Waals surface area contributed by atoms with Crippen molar-refractivity contribution < 1.29 is 0 Å². The normalized spacial score (nSPS) is 17.9. The van der Waals surface area contributed by atoms with Crippen LogP contribution in [-0.2, 0) is 0 Å². The third kappa shape index (κ3) is 2.95. The van der Waals surface area contributed by atoms with Crippen LogP contribution in [-0.4, -0.2) is 41.1 Å². The maximum atomic E-state index is 8.82. The summed E-state index contributed by atoms with van der Waals surface area (Å²) in [7, 11) is 0. The Bertz CT molecular complexity index is 723. The Kier molecular flexibility index (Phi) is 3.54. The molecule has 0 amide bonds. The van der Waals surface area contributed by atoms with Crippen molar-refractivity contribution in [3.05, 3.63) is 42.1 Å². The van der Waals surface area contributed by atoms with E-state index in [0.717, 1.165) is 37.7 Å². The largest absolute Gasteiger partial charge is 0.367 e. The van der Waals surface area contributed by atoms with Crippen LogP contribution in [0.3, 0.4) is 0 Å². The number of hydrogen-bond donors (Lipinski definition) is 0. The van der Waals surface area contributed by atoms with Gasteiger partial charge in [0.1, 0.15) is 23.9 Å². The minimum absolute atomic E-state index is 0.459. The van der Waals surface area contributed by atoms with Crippen LogP contribution in [0.15, 0.2) is 30.7 Å². The van der Waals surface area contributed by atoms with Crippen LogP contribution in [0.1, 0.15) is 30.1 Å². The van der Waals surface area contributed by atoms with Gasteiger partial charge in [-0.25, -0.2) is 15.0 Å². The first-order chi connectivity index (χ1) is 11.3. The fourth-order valence-electron chi connectivity index (χ4n) is 2.97. The van der Waals surface area contributed by atoms with E-state index in [1.54, 1.807) is 18.6 Å². The molecule has 2 fully saturated rings. The molecule has 1 aliphatic heterocycles. The fraction of sp³-hybridized carbons (Fsp3) is 0.412. The first-order valence-corrected chi connectivity index (χ1v) is 8.01. The van der Waals surface area contributed by atoms with Gasteiger partial charge in [0.25, 0.3) is 0 Å². The molecular formula is C17H18N6. The Hall–Kier alpha value is -2.68. The van der Waals surface area contributed by atoms with Crippen molar-refractivity contribution in [1.82, 2.24) is 15.0 Å². The highest BCUT2D eigenvalue weighted by atomic mass is 15.3. The molecule has 6 heteroatoms. The van der Waals surface area contributed by atoms with Gasteiger partial charge in [-0.2, -0.15) is 5.26 Å². The third-order valence-electron chi connectivity index (χ3n) is 4.50. The van der Waals surface area contributed by atoms with Crippen LogP contribution >= 0.6 is 0 Å². The summed E-state index contributed by atoms with van der Waals surface area (Å²) in [6.07, 6.45) is 6.00. The Labute approximate surface area is 135 Å². The van der Waals surface area contributed by atoms with Crippen LogP contribution in [0.4, 0.5) is 11.5 Å². The van der Waals surface area contributed by atoms with Gasteiger partial charge >= 0.3 is 0 Å². The smallest absolute Gasteiger partial charge is 0.140 e. The van der Waals surface area contributed by atoms with Crippen molar-refractivity contribution in [3.8, 4) is 6.07 Å². The highest BCUT2D eigenvalue weighted by Crippen LogP contribution is 2.39. The highest BCUT2D eigenvalue weighted by Gasteiger charge is 2.26. The summed E-state index contributed by atoms with van der Waals surface area (Å²) in [6, 6.07) is 7.94. The van der Waals surface area contributed by atoms with E-state index in [4.69, 9.17) is 5.26 Å². The lowest BCUT2D eigenvalue weighted by atomic mass is 10.2. The second-order valence-corrected chi connectivity index (χ2v) is 6.06. The third-order valence-corrected chi connectivity index (χ3v) is 4.50. The molecule has 2 aromatic rings. The van der Waals surface area contributed by atoms with Crippen molar-refractivity contribution in [2.45, 2.75) is 18.8 Å². The maximum absolute atomic E-state index is 8.82. The van der Waals surface area contributed by atoms with Crippen molar-refractivity contribution in [3.63, 3.8) is 0 Å². The van der Waals surface area contributed by atoms with Crippen LogP contribution < -0.4 is 9.80 Å². The molecule has 4 rings (SSSR count). The number of nitrogens with zero attached hydrogens (tertiary/aromatic N) is 6. The second kappa shape index (κ2) is 5.84. The summed E-state index contributed by atoms with van der Waals surface area (Å²) in [5, 5.41) is 8.82. The first-order valence-electron chi connectivity index (χ1n) is 8.01. The van der Waals surface area contributed by atoms with E-state index in [1.807, 2.05) is 6.07 Å². The standard InChI is InChI=1S/C17H18N6/c18-10-14-3-4-15(11-19-14)22-5-7-23(8-6-22)17-9-16(13-1-2-13)20-12-21-17/h3-4,9,11-13H,1-2,5-8H2. The predicted octanol–water partition coefficient (Wildman–Crippen LogP) is 1.95. The molecule has 1 saturated carbocycles. The molecule has 0 spiro atoms. The van der Waals surface area contributed by atoms with Crippen molar-refractivity contribution in [2.75, 3.05) is 36.0 Å². The zero-order chi connectivity index (χ0) is 15.6. The number of aromatic nitrogens is 3. The number of nitriles is 1. The molecule has 2 aromatic heterocycles. The predicted molar refractivity (Wildman–Crippen MR) is 87.4 cm³/mol. The van der Waals surface area contributed by atoms with Gasteiger partial charge in [-0.1, -0.05) is 0 Å². The van der Waals surface area contributed by atoms with Gasteiger partial charge in [0.15, 0.2) is 0 Å². The van der Waals surface area contributed by atoms with Gasteiger partial charge < -0.3 is 9.80 Å². The monoisotopic (exact) mass is 306 g/mol. The van der Waals surface area contributed by atoms with E-state index in [9.17, 15) is 0 Å². The highest BCUT2D eigenvalue weighted by molar-refractivity contribution is 5.49. The molecular weight excluding hydrogens is 288 g/mol. The second-order valence-electron chi connectivity index (χ2n) is 6.06. The van der Waals surface area contributed by atoms with Crippen LogP contribution in [0.2, 0.25) is 0 Å². The number of hydrogen-bond acceptors (Lipinski definition) is 6. The Morgan fingerprint density at radius 3 is 2.43 bits per heavy atom. The van der Waals surface area contributed by atoms with E-state index < -0.39 is 0 Å². The van der Waals surface area contributed by atoms with E-state index in [0.29, 0.717) is 11.6 Å². The van der Waals surface area contributed by atoms with Gasteiger partial charge in [-0.05, 0) is 25.0 Å². The molecule has 0 unspecified atom stereocenters. The van der Waals surface area contributed by atoms with Crippen LogP contribution in [0.25, 0.3) is 0 Å². The van der Waals surface area contributed by atoms with Gasteiger partial charge in [0.05, 0.1) is 11.9 Å². The topological polar surface area (TPSA) is 68.9 Å². The minimum Gasteiger partial charge on any atom is -0.367 e. The molecule has 0 N–H and O–H groups in total. The molecule has 0 aromatic carbocycles.